The molecule has 0 amide bonds. The molecule has 0 saturated carbocycles. The summed E-state index contributed by atoms with van der Waals surface area (Å²) in [5.74, 6) is -1.17. The van der Waals surface area contributed by atoms with Crippen LogP contribution in [0.15, 0.2) is 42.5 Å². The Morgan fingerprint density at radius 1 is 1.10 bits per heavy atom. The summed E-state index contributed by atoms with van der Waals surface area (Å²) < 4.78 is 26.0. The molecule has 0 unspecified atom stereocenters. The summed E-state index contributed by atoms with van der Waals surface area (Å²) in [6, 6.07) is 8.61. The van der Waals surface area contributed by atoms with Crippen molar-refractivity contribution in [1.29, 1.82) is 0 Å². The van der Waals surface area contributed by atoms with Crippen LogP contribution in [0.2, 0.25) is 0 Å². The Labute approximate surface area is 123 Å². The Morgan fingerprint density at radius 2 is 1.81 bits per heavy atom. The van der Waals surface area contributed by atoms with Crippen molar-refractivity contribution in [3.05, 3.63) is 64.2 Å². The first-order chi connectivity index (χ1) is 9.95. The molecule has 0 bridgehead atoms. The summed E-state index contributed by atoms with van der Waals surface area (Å²) in [5.41, 5.74) is -0.0223. The maximum atomic E-state index is 13.0. The van der Waals surface area contributed by atoms with Crippen LogP contribution in [0.4, 0.5) is 25.8 Å². The molecule has 0 aromatic heterocycles. The Morgan fingerprint density at radius 3 is 2.48 bits per heavy atom. The van der Waals surface area contributed by atoms with Gasteiger partial charge in [0.05, 0.1) is 11.0 Å². The van der Waals surface area contributed by atoms with Crippen molar-refractivity contribution in [3.8, 4) is 0 Å². The van der Waals surface area contributed by atoms with Crippen molar-refractivity contribution in [2.24, 2.45) is 0 Å². The molecule has 21 heavy (non-hydrogen) atoms. The second-order valence-electron chi connectivity index (χ2n) is 4.01. The van der Waals surface area contributed by atoms with Gasteiger partial charge in [-0.25, -0.2) is 8.78 Å². The first-order valence-corrected chi connectivity index (χ1v) is 6.14. The van der Waals surface area contributed by atoms with E-state index < -0.39 is 22.2 Å². The summed E-state index contributed by atoms with van der Waals surface area (Å²) in [6.45, 7) is 0. The Hall–Kier alpha value is -2.61. The summed E-state index contributed by atoms with van der Waals surface area (Å²) in [4.78, 5) is 10.1. The number of nitrogens with one attached hydrogen (secondary N) is 2. The predicted molar refractivity (Wildman–Crippen MR) is 79.3 cm³/mol. The van der Waals surface area contributed by atoms with Crippen LogP contribution < -0.4 is 10.6 Å². The maximum absolute atomic E-state index is 13.0. The summed E-state index contributed by atoms with van der Waals surface area (Å²) in [6.07, 6.45) is 0. The van der Waals surface area contributed by atoms with Gasteiger partial charge in [-0.15, -0.1) is 0 Å². The maximum Gasteiger partial charge on any atom is 0.295 e. The van der Waals surface area contributed by atoms with E-state index in [9.17, 15) is 18.9 Å². The number of thiocarbonyl (C=S) groups is 1. The molecule has 0 atom stereocenters. The molecule has 0 saturated heterocycles. The number of benzene rings is 2. The lowest BCUT2D eigenvalue weighted by Crippen LogP contribution is -2.19. The van der Waals surface area contributed by atoms with Gasteiger partial charge in [-0.1, -0.05) is 6.07 Å². The Bertz CT molecular complexity index is 710. The molecule has 0 fully saturated rings. The molecule has 2 aromatic rings. The number of nitro benzene ring substituents is 1. The topological polar surface area (TPSA) is 67.2 Å². The molecule has 0 spiro atoms. The summed E-state index contributed by atoms with van der Waals surface area (Å²) in [5, 5.41) is 16.1. The van der Waals surface area contributed by atoms with Crippen molar-refractivity contribution < 1.29 is 13.7 Å². The number of anilines is 2. The zero-order valence-corrected chi connectivity index (χ0v) is 11.3. The van der Waals surface area contributed by atoms with E-state index in [0.29, 0.717) is 5.69 Å². The van der Waals surface area contributed by atoms with Gasteiger partial charge in [-0.2, -0.15) is 0 Å². The minimum absolute atomic E-state index is 0.0234. The number of nitro groups is 1. The fourth-order valence-corrected chi connectivity index (χ4v) is 1.84. The number of nitrogens with zero attached hydrogens (tertiary/aromatic N) is 1. The highest BCUT2D eigenvalue weighted by Crippen LogP contribution is 2.25. The van der Waals surface area contributed by atoms with Gasteiger partial charge in [0.1, 0.15) is 17.3 Å². The Balaban J connectivity index is 2.15. The average molecular weight is 309 g/mol. The Kier molecular flexibility index (Phi) is 4.39. The summed E-state index contributed by atoms with van der Waals surface area (Å²) in [7, 11) is 0. The number of hydrogen-bond acceptors (Lipinski definition) is 3. The van der Waals surface area contributed by atoms with Crippen molar-refractivity contribution in [3.63, 3.8) is 0 Å². The van der Waals surface area contributed by atoms with Crippen molar-refractivity contribution in [1.82, 2.24) is 0 Å². The van der Waals surface area contributed by atoms with E-state index in [1.165, 1.54) is 24.3 Å². The van der Waals surface area contributed by atoms with E-state index in [1.54, 1.807) is 6.07 Å². The van der Waals surface area contributed by atoms with E-state index in [2.05, 4.69) is 10.6 Å². The van der Waals surface area contributed by atoms with Crippen molar-refractivity contribution in [2.75, 3.05) is 10.6 Å². The third-order valence-corrected chi connectivity index (χ3v) is 2.69. The van der Waals surface area contributed by atoms with Crippen LogP contribution in [0.3, 0.4) is 0 Å². The summed E-state index contributed by atoms with van der Waals surface area (Å²) >= 11 is 4.98. The molecule has 0 aliphatic heterocycles. The van der Waals surface area contributed by atoms with Gasteiger partial charge in [-0.05, 0) is 42.5 Å². The minimum atomic E-state index is -0.726. The highest BCUT2D eigenvalue weighted by Gasteiger charge is 2.15. The SMILES string of the molecule is O=[N+]([O-])c1cc(F)ccc1NC(=S)Nc1cccc(F)c1. The van der Waals surface area contributed by atoms with E-state index >= 15 is 0 Å². The smallest absolute Gasteiger partial charge is 0.295 e. The van der Waals surface area contributed by atoms with Crippen LogP contribution in [0.1, 0.15) is 0 Å². The first-order valence-electron chi connectivity index (χ1n) is 5.73. The van der Waals surface area contributed by atoms with E-state index in [-0.39, 0.29) is 10.8 Å². The molecule has 0 radical (unpaired) electrons. The quantitative estimate of drug-likeness (QED) is 0.514. The highest BCUT2D eigenvalue weighted by molar-refractivity contribution is 7.80. The van der Waals surface area contributed by atoms with Crippen LogP contribution in [0.25, 0.3) is 0 Å². The molecule has 8 heteroatoms. The van der Waals surface area contributed by atoms with Crippen LogP contribution in [-0.4, -0.2) is 10.0 Å². The van der Waals surface area contributed by atoms with Gasteiger partial charge in [0.15, 0.2) is 5.11 Å². The average Bonchev–Trinajstić information content (AvgIpc) is 2.40. The molecular formula is C13H9F2N3O2S. The van der Waals surface area contributed by atoms with Crippen LogP contribution >= 0.6 is 12.2 Å². The number of rotatable bonds is 3. The fourth-order valence-electron chi connectivity index (χ4n) is 1.61. The third kappa shape index (κ3) is 3.93. The standard InChI is InChI=1S/C13H9F2N3O2S/c14-8-2-1-3-10(6-8)16-13(21)17-11-5-4-9(15)7-12(11)18(19)20/h1-7H,(H2,16,17,21). The van der Waals surface area contributed by atoms with E-state index in [4.69, 9.17) is 12.2 Å². The lowest BCUT2D eigenvalue weighted by Gasteiger charge is -2.10. The van der Waals surface area contributed by atoms with Crippen LogP contribution in [0, 0.1) is 21.7 Å². The first kappa shape index (κ1) is 14.8. The van der Waals surface area contributed by atoms with Crippen molar-refractivity contribution in [2.45, 2.75) is 0 Å². The zero-order chi connectivity index (χ0) is 15.4. The van der Waals surface area contributed by atoms with E-state index in [1.807, 2.05) is 0 Å². The van der Waals surface area contributed by atoms with Crippen LogP contribution in [0.5, 0.6) is 0 Å². The monoisotopic (exact) mass is 309 g/mol. The molecule has 2 rings (SSSR count). The highest BCUT2D eigenvalue weighted by atomic mass is 32.1. The van der Waals surface area contributed by atoms with Gasteiger partial charge in [0.25, 0.3) is 5.69 Å². The molecule has 108 valence electrons. The second kappa shape index (κ2) is 6.23. The lowest BCUT2D eigenvalue weighted by atomic mass is 10.2. The molecule has 2 N–H and O–H groups in total. The molecular weight excluding hydrogens is 300 g/mol. The van der Waals surface area contributed by atoms with Gasteiger partial charge in [0.2, 0.25) is 0 Å². The van der Waals surface area contributed by atoms with Gasteiger partial charge >= 0.3 is 0 Å². The molecule has 5 nitrogen and oxygen atoms in total. The van der Waals surface area contributed by atoms with E-state index in [0.717, 1.165) is 12.1 Å². The van der Waals surface area contributed by atoms with Gasteiger partial charge in [-0.3, -0.25) is 10.1 Å². The third-order valence-electron chi connectivity index (χ3n) is 2.49. The van der Waals surface area contributed by atoms with Crippen molar-refractivity contribution >= 4 is 34.4 Å². The molecule has 0 heterocycles. The van der Waals surface area contributed by atoms with Gasteiger partial charge in [0, 0.05) is 5.69 Å². The predicted octanol–water partition coefficient (Wildman–Crippen LogP) is 3.68. The lowest BCUT2D eigenvalue weighted by molar-refractivity contribution is -0.384. The van der Waals surface area contributed by atoms with Gasteiger partial charge < -0.3 is 10.6 Å². The number of halogens is 2. The molecule has 0 aliphatic rings. The fraction of sp³-hybridized carbons (Fsp3) is 0. The largest absolute Gasteiger partial charge is 0.332 e. The minimum Gasteiger partial charge on any atom is -0.332 e. The normalized spacial score (nSPS) is 10.0. The molecule has 0 aliphatic carbocycles. The number of hydrogen-bond donors (Lipinski definition) is 2. The molecule has 2 aromatic carbocycles. The zero-order valence-electron chi connectivity index (χ0n) is 10.5. The second-order valence-corrected chi connectivity index (χ2v) is 4.42. The van der Waals surface area contributed by atoms with Crippen LogP contribution in [-0.2, 0) is 0 Å².